The molecule has 1 heterocycles. The van der Waals surface area contributed by atoms with E-state index in [4.69, 9.17) is 5.26 Å². The molecule has 0 aromatic heterocycles. The molecule has 140 valence electrons. The first-order chi connectivity index (χ1) is 12.8. The molecule has 6 nitrogen and oxygen atoms in total. The predicted molar refractivity (Wildman–Crippen MR) is 109 cm³/mol. The maximum absolute atomic E-state index is 13.0. The van der Waals surface area contributed by atoms with Crippen LogP contribution in [0.2, 0.25) is 0 Å². The molecule has 1 fully saturated rings. The van der Waals surface area contributed by atoms with Crippen molar-refractivity contribution in [3.05, 3.63) is 58.1 Å². The van der Waals surface area contributed by atoms with E-state index in [1.165, 1.54) is 22.1 Å². The van der Waals surface area contributed by atoms with Crippen molar-refractivity contribution in [2.24, 2.45) is 0 Å². The lowest BCUT2D eigenvalue weighted by molar-refractivity contribution is -0.118. The highest BCUT2D eigenvalue weighted by Crippen LogP contribution is 2.30. The average Bonchev–Trinajstić information content (AvgIpc) is 3.15. The van der Waals surface area contributed by atoms with Crippen molar-refractivity contribution in [2.45, 2.75) is 17.9 Å². The number of nitriles is 1. The summed E-state index contributed by atoms with van der Waals surface area (Å²) in [6.07, 6.45) is 0. The van der Waals surface area contributed by atoms with Crippen LogP contribution in [0.25, 0.3) is 0 Å². The number of thioether (sulfide) groups is 1. The van der Waals surface area contributed by atoms with E-state index in [2.05, 4.69) is 21.2 Å². The summed E-state index contributed by atoms with van der Waals surface area (Å²) in [5.41, 5.74) is 1.81. The quantitative estimate of drug-likeness (QED) is 0.747. The van der Waals surface area contributed by atoms with E-state index in [0.29, 0.717) is 17.0 Å². The summed E-state index contributed by atoms with van der Waals surface area (Å²) < 4.78 is 28.1. The molecule has 0 aliphatic carbocycles. The number of aryl methyl sites for hydroxylation is 1. The van der Waals surface area contributed by atoms with Crippen LogP contribution < -0.4 is 5.32 Å². The summed E-state index contributed by atoms with van der Waals surface area (Å²) in [6, 6.07) is 12.5. The number of amides is 1. The van der Waals surface area contributed by atoms with Crippen LogP contribution in [0.5, 0.6) is 0 Å². The smallest absolute Gasteiger partial charge is 0.244 e. The molecule has 1 N–H and O–H groups in total. The maximum atomic E-state index is 13.0. The molecule has 0 unspecified atom stereocenters. The number of hydrogen-bond acceptors (Lipinski definition) is 5. The summed E-state index contributed by atoms with van der Waals surface area (Å²) in [5.74, 6) is 0.224. The summed E-state index contributed by atoms with van der Waals surface area (Å²) in [5, 5.41) is 11.6. The monoisotopic (exact) mass is 465 g/mol. The van der Waals surface area contributed by atoms with Crippen LogP contribution in [-0.4, -0.2) is 36.3 Å². The number of carbonyl (C=O) groups is 1. The van der Waals surface area contributed by atoms with Gasteiger partial charge in [-0.2, -0.15) is 9.57 Å². The molecule has 27 heavy (non-hydrogen) atoms. The van der Waals surface area contributed by atoms with Gasteiger partial charge in [-0.1, -0.05) is 15.9 Å². The lowest BCUT2D eigenvalue weighted by atomic mass is 10.2. The van der Waals surface area contributed by atoms with Gasteiger partial charge in [0.1, 0.15) is 6.04 Å². The van der Waals surface area contributed by atoms with Crippen molar-refractivity contribution in [1.82, 2.24) is 4.31 Å². The van der Waals surface area contributed by atoms with Gasteiger partial charge in [-0.15, -0.1) is 11.8 Å². The fourth-order valence-electron chi connectivity index (χ4n) is 2.64. The maximum Gasteiger partial charge on any atom is 0.244 e. The lowest BCUT2D eigenvalue weighted by Crippen LogP contribution is -2.44. The minimum Gasteiger partial charge on any atom is -0.325 e. The van der Waals surface area contributed by atoms with E-state index in [-0.39, 0.29) is 16.7 Å². The third-order valence-electron chi connectivity index (χ3n) is 4.16. The molecule has 9 heteroatoms. The highest BCUT2D eigenvalue weighted by atomic mass is 79.9. The molecule has 0 bridgehead atoms. The Morgan fingerprint density at radius 2 is 2.00 bits per heavy atom. The van der Waals surface area contributed by atoms with Crippen LogP contribution in [0, 0.1) is 18.3 Å². The van der Waals surface area contributed by atoms with Gasteiger partial charge in [0.15, 0.2) is 0 Å². The zero-order valence-electron chi connectivity index (χ0n) is 14.3. The van der Waals surface area contributed by atoms with Crippen molar-refractivity contribution >= 4 is 49.3 Å². The highest BCUT2D eigenvalue weighted by molar-refractivity contribution is 9.10. The predicted octanol–water partition coefficient (Wildman–Crippen LogP) is 3.33. The van der Waals surface area contributed by atoms with Crippen LogP contribution in [0.4, 0.5) is 5.69 Å². The van der Waals surface area contributed by atoms with E-state index in [0.717, 1.165) is 10.0 Å². The van der Waals surface area contributed by atoms with Gasteiger partial charge < -0.3 is 5.32 Å². The number of benzene rings is 2. The first-order valence-corrected chi connectivity index (χ1v) is 11.4. The molecule has 1 aliphatic rings. The molecule has 1 amide bonds. The molecule has 0 saturated carbocycles. The first-order valence-electron chi connectivity index (χ1n) is 7.99. The number of carbonyl (C=O) groups excluding carboxylic acids is 1. The first kappa shape index (κ1) is 19.9. The van der Waals surface area contributed by atoms with Crippen molar-refractivity contribution in [1.29, 1.82) is 5.26 Å². The van der Waals surface area contributed by atoms with Crippen LogP contribution in [0.1, 0.15) is 11.1 Å². The van der Waals surface area contributed by atoms with E-state index in [1.54, 1.807) is 36.4 Å². The van der Waals surface area contributed by atoms with E-state index < -0.39 is 16.1 Å². The lowest BCUT2D eigenvalue weighted by Gasteiger charge is -2.23. The van der Waals surface area contributed by atoms with Crippen LogP contribution >= 0.6 is 27.7 Å². The largest absolute Gasteiger partial charge is 0.325 e. The third kappa shape index (κ3) is 4.19. The minimum absolute atomic E-state index is 0.168. The van der Waals surface area contributed by atoms with Crippen molar-refractivity contribution in [2.75, 3.05) is 16.9 Å². The summed E-state index contributed by atoms with van der Waals surface area (Å²) in [4.78, 5) is 12.8. The Morgan fingerprint density at radius 3 is 2.63 bits per heavy atom. The van der Waals surface area contributed by atoms with Crippen molar-refractivity contribution < 1.29 is 13.2 Å². The minimum atomic E-state index is -3.79. The summed E-state index contributed by atoms with van der Waals surface area (Å²) in [6.45, 7) is 1.82. The van der Waals surface area contributed by atoms with Crippen molar-refractivity contribution in [3.63, 3.8) is 0 Å². The topological polar surface area (TPSA) is 90.3 Å². The zero-order valence-corrected chi connectivity index (χ0v) is 17.6. The fraction of sp³-hybridized carbons (Fsp3) is 0.222. The molecule has 2 aromatic rings. The van der Waals surface area contributed by atoms with Gasteiger partial charge in [0.2, 0.25) is 15.9 Å². The third-order valence-corrected chi connectivity index (χ3v) is 8.08. The van der Waals surface area contributed by atoms with Gasteiger partial charge in [0, 0.05) is 15.9 Å². The molecular formula is C18H16BrN3O3S2. The molecule has 2 aromatic carbocycles. The molecule has 0 spiro atoms. The SMILES string of the molecule is Cc1cc(S(=O)(=O)N2CSC[C@H]2C(=O)Nc2ccc(C#N)cc2)ccc1Br. The molecule has 3 rings (SSSR count). The Balaban J connectivity index is 1.82. The number of rotatable bonds is 4. The number of halogens is 1. The summed E-state index contributed by atoms with van der Waals surface area (Å²) in [7, 11) is -3.79. The number of nitrogens with one attached hydrogen (secondary N) is 1. The summed E-state index contributed by atoms with van der Waals surface area (Å²) >= 11 is 4.76. The second kappa shape index (κ2) is 8.02. The normalized spacial score (nSPS) is 17.4. The van der Waals surface area contributed by atoms with Gasteiger partial charge in [-0.25, -0.2) is 8.42 Å². The highest BCUT2D eigenvalue weighted by Gasteiger charge is 2.40. The van der Waals surface area contributed by atoms with Gasteiger partial charge in [-0.3, -0.25) is 4.79 Å². The Bertz CT molecular complexity index is 1020. The Hall–Kier alpha value is -1.86. The van der Waals surface area contributed by atoms with E-state index in [1.807, 2.05) is 13.0 Å². The fourth-order valence-corrected chi connectivity index (χ4v) is 6.12. The molecule has 1 aliphatic heterocycles. The van der Waals surface area contributed by atoms with E-state index >= 15 is 0 Å². The van der Waals surface area contributed by atoms with Crippen LogP contribution in [0.3, 0.4) is 0 Å². The zero-order chi connectivity index (χ0) is 19.6. The second-order valence-corrected chi connectivity index (χ2v) is 9.74. The molecule has 1 saturated heterocycles. The van der Waals surface area contributed by atoms with Gasteiger partial charge in [0.25, 0.3) is 0 Å². The molecule has 0 radical (unpaired) electrons. The molecular weight excluding hydrogens is 450 g/mol. The number of anilines is 1. The van der Waals surface area contributed by atoms with Crippen LogP contribution in [0.15, 0.2) is 51.8 Å². The van der Waals surface area contributed by atoms with Gasteiger partial charge in [-0.05, 0) is 55.0 Å². The number of sulfonamides is 1. The standard InChI is InChI=1S/C18H16BrN3O3S2/c1-12-8-15(6-7-16(12)19)27(24,25)22-11-26-10-17(22)18(23)21-14-4-2-13(9-20)3-5-14/h2-8,17H,10-11H2,1H3,(H,21,23)/t17-/m0/s1. The second-order valence-electron chi connectivity index (χ2n) is 6.00. The Labute approximate surface area is 170 Å². The average molecular weight is 466 g/mol. The van der Waals surface area contributed by atoms with Crippen molar-refractivity contribution in [3.8, 4) is 6.07 Å². The number of nitrogens with zero attached hydrogens (tertiary/aromatic N) is 2. The van der Waals surface area contributed by atoms with Gasteiger partial charge in [0.05, 0.1) is 22.4 Å². The van der Waals surface area contributed by atoms with Gasteiger partial charge >= 0.3 is 0 Å². The van der Waals surface area contributed by atoms with Crippen LogP contribution in [-0.2, 0) is 14.8 Å². The number of hydrogen-bond donors (Lipinski definition) is 1. The Morgan fingerprint density at radius 1 is 1.30 bits per heavy atom. The molecule has 1 atom stereocenters. The van der Waals surface area contributed by atoms with E-state index in [9.17, 15) is 13.2 Å². The Kier molecular flexibility index (Phi) is 5.91.